The minimum atomic E-state index is -1.14. The van der Waals surface area contributed by atoms with Gasteiger partial charge >= 0.3 is 60.4 Å². The van der Waals surface area contributed by atoms with Crippen molar-refractivity contribution in [2.24, 2.45) is 0 Å². The molecule has 0 aromatic heterocycles. The molecule has 0 amide bonds. The predicted octanol–water partition coefficient (Wildman–Crippen LogP) is -2.62. The van der Waals surface area contributed by atoms with Gasteiger partial charge in [-0.3, -0.25) is 9.59 Å². The third-order valence-corrected chi connectivity index (χ3v) is 2.57. The topological polar surface area (TPSA) is 63.6 Å². The quantitative estimate of drug-likeness (QED) is 0.217. The van der Waals surface area contributed by atoms with Crippen molar-refractivity contribution in [1.29, 1.82) is 0 Å². The molecule has 19 heavy (non-hydrogen) atoms. The molecule has 0 heterocycles. The van der Waals surface area contributed by atoms with Gasteiger partial charge in [0.2, 0.25) is 0 Å². The van der Waals surface area contributed by atoms with Crippen molar-refractivity contribution >= 4 is 11.9 Å². The molecular formula is C13H26LiNaO4. The van der Waals surface area contributed by atoms with E-state index >= 15 is 0 Å². The van der Waals surface area contributed by atoms with Crippen LogP contribution in [0.15, 0.2) is 0 Å². The van der Waals surface area contributed by atoms with Crippen molar-refractivity contribution in [2.45, 2.75) is 71.3 Å². The summed E-state index contributed by atoms with van der Waals surface area (Å²) in [4.78, 5) is 21.5. The van der Waals surface area contributed by atoms with Gasteiger partial charge in [0, 0.05) is 0 Å². The number of hydrogen-bond acceptors (Lipinski definition) is 3. The van der Waals surface area contributed by atoms with E-state index in [9.17, 15) is 9.59 Å². The Morgan fingerprint density at radius 2 is 1.68 bits per heavy atom. The van der Waals surface area contributed by atoms with E-state index in [0.717, 1.165) is 19.3 Å². The number of carboxylic acid groups (broad SMARTS) is 1. The maximum absolute atomic E-state index is 11.2. The van der Waals surface area contributed by atoms with Crippen molar-refractivity contribution in [1.82, 2.24) is 0 Å². The molecule has 104 valence electrons. The molecule has 0 aliphatic heterocycles. The zero-order valence-corrected chi connectivity index (χ0v) is 15.1. The summed E-state index contributed by atoms with van der Waals surface area (Å²) in [5.74, 6) is -1.80. The second-order valence-electron chi connectivity index (χ2n) is 4.97. The molecule has 0 bridgehead atoms. The SMILES string of the molecule is CCCCCCCC(C)(C)OC(=O)CC(=O)O.[H-].[H-].[Li+].[Na+]. The fraction of sp³-hybridized carbons (Fsp3) is 0.846. The maximum atomic E-state index is 11.2. The summed E-state index contributed by atoms with van der Waals surface area (Å²) in [6, 6.07) is 0. The first-order valence-electron chi connectivity index (χ1n) is 6.31. The molecule has 0 saturated heterocycles. The first kappa shape index (κ1) is 24.5. The van der Waals surface area contributed by atoms with Crippen LogP contribution in [0.3, 0.4) is 0 Å². The van der Waals surface area contributed by atoms with Gasteiger partial charge in [-0.15, -0.1) is 0 Å². The van der Waals surface area contributed by atoms with Gasteiger partial charge in [0.1, 0.15) is 12.0 Å². The molecule has 0 saturated carbocycles. The second-order valence-corrected chi connectivity index (χ2v) is 4.97. The molecule has 6 heteroatoms. The Hall–Kier alpha value is 0.537. The minimum Gasteiger partial charge on any atom is -1.00 e. The number of carbonyl (C=O) groups excluding carboxylic acids is 1. The van der Waals surface area contributed by atoms with Crippen LogP contribution in [0.25, 0.3) is 0 Å². The largest absolute Gasteiger partial charge is 1.00 e. The van der Waals surface area contributed by atoms with Crippen LogP contribution in [-0.2, 0) is 14.3 Å². The van der Waals surface area contributed by atoms with Crippen LogP contribution < -0.4 is 48.4 Å². The van der Waals surface area contributed by atoms with Gasteiger partial charge in [-0.1, -0.05) is 32.6 Å². The summed E-state index contributed by atoms with van der Waals surface area (Å²) in [7, 11) is 0. The van der Waals surface area contributed by atoms with Gasteiger partial charge in [0.15, 0.2) is 0 Å². The number of rotatable bonds is 9. The van der Waals surface area contributed by atoms with Gasteiger partial charge in [-0.05, 0) is 26.7 Å². The summed E-state index contributed by atoms with van der Waals surface area (Å²) in [6.45, 7) is 5.82. The van der Waals surface area contributed by atoms with Crippen molar-refractivity contribution in [3.8, 4) is 0 Å². The predicted molar refractivity (Wildman–Crippen MR) is 68.0 cm³/mol. The van der Waals surface area contributed by atoms with Crippen molar-refractivity contribution in [3.63, 3.8) is 0 Å². The number of esters is 1. The average molecular weight is 276 g/mol. The molecule has 0 radical (unpaired) electrons. The minimum absolute atomic E-state index is 0. The molecule has 0 aliphatic rings. The number of hydrogen-bond donors (Lipinski definition) is 1. The Morgan fingerprint density at radius 3 is 2.16 bits per heavy atom. The fourth-order valence-corrected chi connectivity index (χ4v) is 1.67. The molecule has 0 atom stereocenters. The van der Waals surface area contributed by atoms with E-state index in [2.05, 4.69) is 6.92 Å². The Bertz CT molecular complexity index is 267. The summed E-state index contributed by atoms with van der Waals surface area (Å²) in [6.07, 6.45) is 6.01. The smallest absolute Gasteiger partial charge is 1.00 e. The van der Waals surface area contributed by atoms with Gasteiger partial charge in [0.05, 0.1) is 0 Å². The Morgan fingerprint density at radius 1 is 1.16 bits per heavy atom. The monoisotopic (exact) mass is 276 g/mol. The van der Waals surface area contributed by atoms with Crippen LogP contribution in [0.4, 0.5) is 0 Å². The molecule has 0 aromatic rings. The van der Waals surface area contributed by atoms with Gasteiger partial charge in [-0.25, -0.2) is 0 Å². The number of ether oxygens (including phenoxy) is 1. The number of carbonyl (C=O) groups is 2. The maximum Gasteiger partial charge on any atom is 1.00 e. The summed E-state index contributed by atoms with van der Waals surface area (Å²) < 4.78 is 5.14. The summed E-state index contributed by atoms with van der Waals surface area (Å²) in [5.41, 5.74) is -0.557. The van der Waals surface area contributed by atoms with Gasteiger partial charge < -0.3 is 12.7 Å². The number of carboxylic acids is 1. The van der Waals surface area contributed by atoms with E-state index in [1.807, 2.05) is 13.8 Å². The fourth-order valence-electron chi connectivity index (χ4n) is 1.67. The van der Waals surface area contributed by atoms with Crippen molar-refractivity contribution < 1.29 is 70.7 Å². The average Bonchev–Trinajstić information content (AvgIpc) is 2.14. The Labute approximate surface area is 153 Å². The van der Waals surface area contributed by atoms with E-state index in [-0.39, 0.29) is 51.3 Å². The molecule has 0 aliphatic carbocycles. The molecular weight excluding hydrogens is 250 g/mol. The molecule has 1 N–H and O–H groups in total. The third-order valence-electron chi connectivity index (χ3n) is 2.57. The Balaban J connectivity index is -0.000000213. The van der Waals surface area contributed by atoms with Gasteiger partial charge in [0.25, 0.3) is 0 Å². The first-order chi connectivity index (χ1) is 7.87. The summed E-state index contributed by atoms with van der Waals surface area (Å²) >= 11 is 0. The van der Waals surface area contributed by atoms with Crippen LogP contribution in [0.5, 0.6) is 0 Å². The third kappa shape index (κ3) is 16.5. The van der Waals surface area contributed by atoms with Crippen molar-refractivity contribution in [2.75, 3.05) is 0 Å². The number of aliphatic carboxylic acids is 1. The van der Waals surface area contributed by atoms with E-state index in [0.29, 0.717) is 0 Å². The van der Waals surface area contributed by atoms with Crippen LogP contribution in [0.2, 0.25) is 0 Å². The molecule has 0 unspecified atom stereocenters. The van der Waals surface area contributed by atoms with Crippen LogP contribution >= 0.6 is 0 Å². The second kappa shape index (κ2) is 13.5. The molecule has 4 nitrogen and oxygen atoms in total. The van der Waals surface area contributed by atoms with Crippen molar-refractivity contribution in [3.05, 3.63) is 0 Å². The first-order valence-corrected chi connectivity index (χ1v) is 6.31. The molecule has 0 spiro atoms. The normalized spacial score (nSPS) is 10.1. The van der Waals surface area contributed by atoms with Crippen LogP contribution in [-0.4, -0.2) is 22.6 Å². The molecule has 0 aromatic carbocycles. The number of unbranched alkanes of at least 4 members (excludes halogenated alkanes) is 4. The van der Waals surface area contributed by atoms with Crippen LogP contribution in [0.1, 0.15) is 68.6 Å². The zero-order chi connectivity index (χ0) is 13.3. The van der Waals surface area contributed by atoms with Gasteiger partial charge in [-0.2, -0.15) is 0 Å². The van der Waals surface area contributed by atoms with E-state index in [4.69, 9.17) is 9.84 Å². The molecule has 0 rings (SSSR count). The zero-order valence-electron chi connectivity index (χ0n) is 15.1. The standard InChI is InChI=1S/C13H24O4.Li.Na.2H/c1-4-5-6-7-8-9-13(2,3)17-12(16)10-11(14)15;;;;/h4-10H2,1-3H3,(H,14,15);;;;/q;2*+1;2*-1. The van der Waals surface area contributed by atoms with E-state index < -0.39 is 24.0 Å². The van der Waals surface area contributed by atoms with E-state index in [1.54, 1.807) is 0 Å². The Kier molecular flexibility index (Phi) is 17.5. The molecule has 0 fully saturated rings. The van der Waals surface area contributed by atoms with E-state index in [1.165, 1.54) is 19.3 Å². The van der Waals surface area contributed by atoms with Crippen LogP contribution in [0, 0.1) is 0 Å². The summed E-state index contributed by atoms with van der Waals surface area (Å²) in [5, 5.41) is 8.45.